The molecule has 1 saturated heterocycles. The van der Waals surface area contributed by atoms with Gasteiger partial charge in [-0.15, -0.1) is 0 Å². The summed E-state index contributed by atoms with van der Waals surface area (Å²) in [5.41, 5.74) is 0.537. The normalized spacial score (nSPS) is 22.9. The van der Waals surface area contributed by atoms with Crippen molar-refractivity contribution < 1.29 is 14.3 Å². The molecule has 19 heavy (non-hydrogen) atoms. The summed E-state index contributed by atoms with van der Waals surface area (Å²) in [5.74, 6) is 0.494. The molecular formula is C15H19NO3. The summed E-state index contributed by atoms with van der Waals surface area (Å²) in [5, 5.41) is 0. The van der Waals surface area contributed by atoms with Gasteiger partial charge in [-0.1, -0.05) is 20.8 Å². The number of hydrogen-bond acceptors (Lipinski definition) is 3. The van der Waals surface area contributed by atoms with E-state index >= 15 is 0 Å². The Balaban J connectivity index is 2.26. The highest BCUT2D eigenvalue weighted by Crippen LogP contribution is 2.42. The number of amides is 1. The molecule has 0 saturated carbocycles. The van der Waals surface area contributed by atoms with Gasteiger partial charge >= 0.3 is 0 Å². The Labute approximate surface area is 113 Å². The van der Waals surface area contributed by atoms with Crippen LogP contribution in [0.4, 0.5) is 5.69 Å². The molecule has 0 aliphatic carbocycles. The van der Waals surface area contributed by atoms with Crippen LogP contribution in [0, 0.1) is 11.3 Å². The minimum Gasteiger partial charge on any atom is -0.497 e. The van der Waals surface area contributed by atoms with Crippen molar-refractivity contribution in [3.8, 4) is 5.75 Å². The van der Waals surface area contributed by atoms with Gasteiger partial charge in [-0.2, -0.15) is 0 Å². The number of methoxy groups -OCH3 is 1. The number of carbonyl (C=O) groups is 2. The van der Waals surface area contributed by atoms with Crippen molar-refractivity contribution in [3.05, 3.63) is 24.3 Å². The molecule has 1 amide bonds. The molecule has 2 rings (SSSR count). The Hall–Kier alpha value is -1.84. The van der Waals surface area contributed by atoms with Crippen LogP contribution in [0.1, 0.15) is 20.8 Å². The Kier molecular flexibility index (Phi) is 3.35. The first-order chi connectivity index (χ1) is 8.90. The average molecular weight is 261 g/mol. The molecule has 1 aliphatic rings. The fourth-order valence-electron chi connectivity index (χ4n) is 2.57. The molecule has 1 heterocycles. The monoisotopic (exact) mass is 261 g/mol. The third-order valence-corrected chi connectivity index (χ3v) is 3.57. The maximum atomic E-state index is 12.3. The number of carbonyl (C=O) groups excluding carboxylic acids is 2. The lowest BCUT2D eigenvalue weighted by atomic mass is 9.70. The van der Waals surface area contributed by atoms with Crippen molar-refractivity contribution in [1.82, 2.24) is 0 Å². The molecule has 2 atom stereocenters. The van der Waals surface area contributed by atoms with E-state index < -0.39 is 0 Å². The minimum atomic E-state index is -0.374. The zero-order chi connectivity index (χ0) is 14.2. The van der Waals surface area contributed by atoms with Crippen molar-refractivity contribution in [2.24, 2.45) is 11.3 Å². The number of benzene rings is 1. The van der Waals surface area contributed by atoms with Crippen molar-refractivity contribution in [3.63, 3.8) is 0 Å². The molecule has 1 aromatic carbocycles. The molecular weight excluding hydrogens is 242 g/mol. The summed E-state index contributed by atoms with van der Waals surface area (Å²) < 4.78 is 5.08. The topological polar surface area (TPSA) is 46.6 Å². The molecule has 0 radical (unpaired) electrons. The van der Waals surface area contributed by atoms with Gasteiger partial charge in [0.2, 0.25) is 5.91 Å². The number of ether oxygens (including phenoxy) is 1. The van der Waals surface area contributed by atoms with E-state index in [0.717, 1.165) is 17.7 Å². The number of aldehydes is 1. The number of anilines is 1. The SMILES string of the molecule is COc1ccc(N2C(=O)[C@H](C(C)(C)C)[C@@H]2C=O)cc1. The van der Waals surface area contributed by atoms with E-state index in [-0.39, 0.29) is 23.3 Å². The molecule has 1 aromatic rings. The Bertz CT molecular complexity index is 487. The fraction of sp³-hybridized carbons (Fsp3) is 0.467. The molecule has 1 fully saturated rings. The van der Waals surface area contributed by atoms with Crippen molar-refractivity contribution in [1.29, 1.82) is 0 Å². The van der Waals surface area contributed by atoms with Crippen molar-refractivity contribution >= 4 is 17.9 Å². The van der Waals surface area contributed by atoms with Crippen LogP contribution in [0.25, 0.3) is 0 Å². The lowest BCUT2D eigenvalue weighted by molar-refractivity contribution is -0.138. The van der Waals surface area contributed by atoms with Gasteiger partial charge in [-0.05, 0) is 29.7 Å². The number of rotatable bonds is 3. The van der Waals surface area contributed by atoms with E-state index in [1.165, 1.54) is 0 Å². The molecule has 0 aromatic heterocycles. The van der Waals surface area contributed by atoms with Crippen LogP contribution >= 0.6 is 0 Å². The van der Waals surface area contributed by atoms with Crippen LogP contribution in [0.3, 0.4) is 0 Å². The summed E-state index contributed by atoms with van der Waals surface area (Å²) in [6.07, 6.45) is 0.863. The second-order valence-electron chi connectivity index (χ2n) is 5.88. The standard InChI is InChI=1S/C15H19NO3/c1-15(2,3)13-12(9-17)16(14(13)18)10-5-7-11(19-4)8-6-10/h5-9,12-13H,1-4H3/t12-,13+/m0/s1. The molecule has 0 bridgehead atoms. The summed E-state index contributed by atoms with van der Waals surface area (Å²) in [4.78, 5) is 25.1. The predicted octanol–water partition coefficient (Wildman–Crippen LogP) is 2.27. The number of nitrogens with zero attached hydrogens (tertiary/aromatic N) is 1. The zero-order valence-electron chi connectivity index (χ0n) is 11.7. The van der Waals surface area contributed by atoms with Crippen LogP contribution in [0.15, 0.2) is 24.3 Å². The Morgan fingerprint density at radius 1 is 1.21 bits per heavy atom. The Morgan fingerprint density at radius 3 is 2.21 bits per heavy atom. The van der Waals surface area contributed by atoms with Gasteiger partial charge in [0.25, 0.3) is 0 Å². The molecule has 4 nitrogen and oxygen atoms in total. The Morgan fingerprint density at radius 2 is 1.79 bits per heavy atom. The van der Waals surface area contributed by atoms with Crippen molar-refractivity contribution in [2.45, 2.75) is 26.8 Å². The van der Waals surface area contributed by atoms with E-state index in [0.29, 0.717) is 0 Å². The first kappa shape index (κ1) is 13.6. The fourth-order valence-corrected chi connectivity index (χ4v) is 2.57. The second kappa shape index (κ2) is 4.68. The van der Waals surface area contributed by atoms with Gasteiger partial charge in [0.1, 0.15) is 18.1 Å². The zero-order valence-corrected chi connectivity index (χ0v) is 11.7. The lowest BCUT2D eigenvalue weighted by Gasteiger charge is -2.49. The third kappa shape index (κ3) is 2.23. The molecule has 0 unspecified atom stereocenters. The van der Waals surface area contributed by atoms with E-state index in [1.807, 2.05) is 20.8 Å². The van der Waals surface area contributed by atoms with Gasteiger partial charge in [-0.3, -0.25) is 4.79 Å². The van der Waals surface area contributed by atoms with Crippen molar-refractivity contribution in [2.75, 3.05) is 12.0 Å². The third-order valence-electron chi connectivity index (χ3n) is 3.57. The van der Waals surface area contributed by atoms with E-state index in [1.54, 1.807) is 36.3 Å². The van der Waals surface area contributed by atoms with Gasteiger partial charge in [-0.25, -0.2) is 0 Å². The number of β-lactam (4-membered cyclic amide) rings is 1. The van der Waals surface area contributed by atoms with Gasteiger partial charge in [0, 0.05) is 5.69 Å². The van der Waals surface area contributed by atoms with Crippen LogP contribution < -0.4 is 9.64 Å². The summed E-state index contributed by atoms with van der Waals surface area (Å²) in [7, 11) is 1.59. The average Bonchev–Trinajstić information content (AvgIpc) is 2.34. The highest BCUT2D eigenvalue weighted by Gasteiger charge is 2.53. The molecule has 0 N–H and O–H groups in total. The maximum absolute atomic E-state index is 12.3. The van der Waals surface area contributed by atoms with E-state index in [4.69, 9.17) is 4.74 Å². The lowest BCUT2D eigenvalue weighted by Crippen LogP contribution is -2.66. The van der Waals surface area contributed by atoms with E-state index in [9.17, 15) is 9.59 Å². The molecule has 1 aliphatic heterocycles. The van der Waals surface area contributed by atoms with Crippen LogP contribution in [0.2, 0.25) is 0 Å². The smallest absolute Gasteiger partial charge is 0.233 e. The largest absolute Gasteiger partial charge is 0.497 e. The highest BCUT2D eigenvalue weighted by atomic mass is 16.5. The van der Waals surface area contributed by atoms with Gasteiger partial charge in [0.05, 0.1) is 13.0 Å². The maximum Gasteiger partial charge on any atom is 0.233 e. The molecule has 4 heteroatoms. The van der Waals surface area contributed by atoms with Crippen LogP contribution in [0.5, 0.6) is 5.75 Å². The summed E-state index contributed by atoms with van der Waals surface area (Å²) in [6, 6.07) is 6.79. The van der Waals surface area contributed by atoms with Crippen LogP contribution in [-0.2, 0) is 9.59 Å². The summed E-state index contributed by atoms with van der Waals surface area (Å²) in [6.45, 7) is 5.95. The van der Waals surface area contributed by atoms with E-state index in [2.05, 4.69) is 0 Å². The van der Waals surface area contributed by atoms with Gasteiger partial charge in [0.15, 0.2) is 0 Å². The highest BCUT2D eigenvalue weighted by molar-refractivity contribution is 6.08. The predicted molar refractivity (Wildman–Crippen MR) is 73.3 cm³/mol. The molecule has 0 spiro atoms. The minimum absolute atomic E-state index is 0.00904. The second-order valence-corrected chi connectivity index (χ2v) is 5.88. The first-order valence-electron chi connectivity index (χ1n) is 6.32. The quantitative estimate of drug-likeness (QED) is 0.619. The summed E-state index contributed by atoms with van der Waals surface area (Å²) >= 11 is 0. The number of hydrogen-bond donors (Lipinski definition) is 0. The molecule has 102 valence electrons. The first-order valence-corrected chi connectivity index (χ1v) is 6.32. The van der Waals surface area contributed by atoms with Gasteiger partial charge < -0.3 is 14.4 Å². The van der Waals surface area contributed by atoms with Crippen LogP contribution in [-0.4, -0.2) is 25.3 Å².